The van der Waals surface area contributed by atoms with E-state index in [2.05, 4.69) is 55.6 Å². The summed E-state index contributed by atoms with van der Waals surface area (Å²) in [5, 5.41) is 4.41. The molecule has 0 aliphatic rings. The Morgan fingerprint density at radius 1 is 1.00 bits per heavy atom. The molecule has 0 radical (unpaired) electrons. The summed E-state index contributed by atoms with van der Waals surface area (Å²) in [6, 6.07) is 17.2. The first kappa shape index (κ1) is 15.1. The minimum atomic E-state index is 0.235. The first-order chi connectivity index (χ1) is 9.74. The number of hydrogen-bond acceptors (Lipinski definition) is 1. The molecule has 1 unspecified atom stereocenters. The Morgan fingerprint density at radius 3 is 2.40 bits per heavy atom. The van der Waals surface area contributed by atoms with Crippen molar-refractivity contribution in [3.63, 3.8) is 0 Å². The van der Waals surface area contributed by atoms with Crippen molar-refractivity contribution in [1.82, 2.24) is 5.32 Å². The smallest absolute Gasteiger partial charge is 0.0576 e. The molecule has 1 nitrogen and oxygen atoms in total. The van der Waals surface area contributed by atoms with Crippen molar-refractivity contribution in [3.8, 4) is 0 Å². The number of aryl methyl sites for hydroxylation is 1. The maximum atomic E-state index is 5.99. The molecule has 20 heavy (non-hydrogen) atoms. The van der Waals surface area contributed by atoms with Gasteiger partial charge in [-0.25, -0.2) is 0 Å². The van der Waals surface area contributed by atoms with Gasteiger partial charge in [-0.2, -0.15) is 0 Å². The van der Waals surface area contributed by atoms with Gasteiger partial charge in [0, 0.05) is 5.02 Å². The monoisotopic (exact) mass is 287 g/mol. The predicted octanol–water partition coefficient (Wildman–Crippen LogP) is 4.99. The first-order valence-electron chi connectivity index (χ1n) is 7.32. The van der Waals surface area contributed by atoms with Gasteiger partial charge in [-0.3, -0.25) is 0 Å². The summed E-state index contributed by atoms with van der Waals surface area (Å²) >= 11 is 5.99. The second-order valence-electron chi connectivity index (χ2n) is 5.04. The third kappa shape index (κ3) is 3.84. The summed E-state index contributed by atoms with van der Waals surface area (Å²) in [5.74, 6) is 0. The van der Waals surface area contributed by atoms with E-state index in [4.69, 9.17) is 11.6 Å². The Hall–Kier alpha value is -1.31. The van der Waals surface area contributed by atoms with Crippen LogP contribution in [0.25, 0.3) is 0 Å². The molecule has 0 aromatic heterocycles. The molecular weight excluding hydrogens is 266 g/mol. The lowest BCUT2D eigenvalue weighted by Crippen LogP contribution is -2.23. The van der Waals surface area contributed by atoms with Crippen molar-refractivity contribution >= 4 is 11.6 Å². The van der Waals surface area contributed by atoms with Crippen LogP contribution in [-0.4, -0.2) is 6.54 Å². The van der Waals surface area contributed by atoms with E-state index in [0.717, 1.165) is 24.4 Å². The van der Waals surface area contributed by atoms with E-state index >= 15 is 0 Å². The molecule has 0 heterocycles. The fourth-order valence-corrected chi connectivity index (χ4v) is 2.49. The van der Waals surface area contributed by atoms with E-state index in [-0.39, 0.29) is 6.04 Å². The van der Waals surface area contributed by atoms with Crippen LogP contribution in [0.2, 0.25) is 5.02 Å². The Bertz CT molecular complexity index is 533. The van der Waals surface area contributed by atoms with Crippen LogP contribution in [0.3, 0.4) is 0 Å². The van der Waals surface area contributed by atoms with Gasteiger partial charge in [-0.15, -0.1) is 0 Å². The highest BCUT2D eigenvalue weighted by molar-refractivity contribution is 6.30. The first-order valence-corrected chi connectivity index (χ1v) is 7.70. The van der Waals surface area contributed by atoms with Gasteiger partial charge in [-0.05, 0) is 48.2 Å². The number of benzene rings is 2. The molecule has 0 saturated heterocycles. The molecule has 0 saturated carbocycles. The predicted molar refractivity (Wildman–Crippen MR) is 87.4 cm³/mol. The summed E-state index contributed by atoms with van der Waals surface area (Å²) in [7, 11) is 0. The van der Waals surface area contributed by atoms with Gasteiger partial charge in [0.1, 0.15) is 0 Å². The Kier molecular flexibility index (Phi) is 5.63. The summed E-state index contributed by atoms with van der Waals surface area (Å²) in [5.41, 5.74) is 3.95. The van der Waals surface area contributed by atoms with Gasteiger partial charge >= 0.3 is 0 Å². The molecule has 0 spiro atoms. The van der Waals surface area contributed by atoms with Gasteiger partial charge in [0.15, 0.2) is 0 Å². The third-order valence-electron chi connectivity index (χ3n) is 3.49. The van der Waals surface area contributed by atoms with Crippen molar-refractivity contribution < 1.29 is 0 Å². The number of nitrogens with one attached hydrogen (secondary N) is 1. The topological polar surface area (TPSA) is 12.0 Å². The van der Waals surface area contributed by atoms with Crippen molar-refractivity contribution in [1.29, 1.82) is 0 Å². The van der Waals surface area contributed by atoms with E-state index in [1.165, 1.54) is 16.7 Å². The second-order valence-corrected chi connectivity index (χ2v) is 5.47. The van der Waals surface area contributed by atoms with Crippen molar-refractivity contribution in [2.75, 3.05) is 6.54 Å². The third-order valence-corrected chi connectivity index (χ3v) is 3.75. The molecule has 2 aromatic rings. The maximum Gasteiger partial charge on any atom is 0.0576 e. The second kappa shape index (κ2) is 7.47. The number of rotatable bonds is 6. The average Bonchev–Trinajstić information content (AvgIpc) is 2.49. The Labute approximate surface area is 127 Å². The SMILES string of the molecule is CCCNC(c1ccc(Cl)cc1)c1cccc(CC)c1. The molecule has 106 valence electrons. The van der Waals surface area contributed by atoms with Gasteiger partial charge < -0.3 is 5.32 Å². The molecule has 2 aromatic carbocycles. The highest BCUT2D eigenvalue weighted by Crippen LogP contribution is 2.24. The Balaban J connectivity index is 2.32. The number of hydrogen-bond donors (Lipinski definition) is 1. The van der Waals surface area contributed by atoms with Crippen molar-refractivity contribution in [3.05, 3.63) is 70.2 Å². The van der Waals surface area contributed by atoms with Crippen molar-refractivity contribution in [2.24, 2.45) is 0 Å². The van der Waals surface area contributed by atoms with Crippen LogP contribution in [-0.2, 0) is 6.42 Å². The molecule has 1 N–H and O–H groups in total. The zero-order valence-corrected chi connectivity index (χ0v) is 13.0. The van der Waals surface area contributed by atoms with Gasteiger partial charge in [0.05, 0.1) is 6.04 Å². The summed E-state index contributed by atoms with van der Waals surface area (Å²) in [6.45, 7) is 5.38. The van der Waals surface area contributed by atoms with E-state index in [1.807, 2.05) is 12.1 Å². The standard InChI is InChI=1S/C18H22ClN/c1-3-12-20-18(15-8-10-17(19)11-9-15)16-7-5-6-14(4-2)13-16/h5-11,13,18,20H,3-4,12H2,1-2H3. The van der Waals surface area contributed by atoms with Crippen LogP contribution in [0.1, 0.15) is 43.0 Å². The lowest BCUT2D eigenvalue weighted by Gasteiger charge is -2.20. The summed E-state index contributed by atoms with van der Waals surface area (Å²) in [6.07, 6.45) is 2.19. The normalized spacial score (nSPS) is 12.3. The average molecular weight is 288 g/mol. The van der Waals surface area contributed by atoms with Gasteiger partial charge in [0.25, 0.3) is 0 Å². The van der Waals surface area contributed by atoms with E-state index in [9.17, 15) is 0 Å². The van der Waals surface area contributed by atoms with Crippen LogP contribution >= 0.6 is 11.6 Å². The highest BCUT2D eigenvalue weighted by atomic mass is 35.5. The van der Waals surface area contributed by atoms with E-state index in [0.29, 0.717) is 0 Å². The Morgan fingerprint density at radius 2 is 1.75 bits per heavy atom. The number of halogens is 1. The summed E-state index contributed by atoms with van der Waals surface area (Å²) < 4.78 is 0. The fourth-order valence-electron chi connectivity index (χ4n) is 2.36. The van der Waals surface area contributed by atoms with Gasteiger partial charge in [-0.1, -0.05) is 61.8 Å². The van der Waals surface area contributed by atoms with Crippen LogP contribution in [0.5, 0.6) is 0 Å². The molecule has 0 aliphatic heterocycles. The van der Waals surface area contributed by atoms with Crippen LogP contribution < -0.4 is 5.32 Å². The van der Waals surface area contributed by atoms with E-state index in [1.54, 1.807) is 0 Å². The maximum absolute atomic E-state index is 5.99. The summed E-state index contributed by atoms with van der Waals surface area (Å²) in [4.78, 5) is 0. The zero-order chi connectivity index (χ0) is 14.4. The van der Waals surface area contributed by atoms with Crippen LogP contribution in [0, 0.1) is 0 Å². The largest absolute Gasteiger partial charge is 0.306 e. The van der Waals surface area contributed by atoms with E-state index < -0.39 is 0 Å². The minimum Gasteiger partial charge on any atom is -0.306 e. The molecule has 2 heteroatoms. The van der Waals surface area contributed by atoms with Crippen molar-refractivity contribution in [2.45, 2.75) is 32.7 Å². The van der Waals surface area contributed by atoms with Crippen LogP contribution in [0.15, 0.2) is 48.5 Å². The highest BCUT2D eigenvalue weighted by Gasteiger charge is 2.13. The molecule has 2 rings (SSSR count). The molecule has 0 fully saturated rings. The molecular formula is C18H22ClN. The quantitative estimate of drug-likeness (QED) is 0.789. The lowest BCUT2D eigenvalue weighted by molar-refractivity contribution is 0.598. The van der Waals surface area contributed by atoms with Gasteiger partial charge in [0.2, 0.25) is 0 Å². The molecule has 1 atom stereocenters. The molecule has 0 aliphatic carbocycles. The van der Waals surface area contributed by atoms with Crippen LogP contribution in [0.4, 0.5) is 0 Å². The minimum absolute atomic E-state index is 0.235. The molecule has 0 amide bonds. The molecule has 0 bridgehead atoms. The zero-order valence-electron chi connectivity index (χ0n) is 12.2. The fraction of sp³-hybridized carbons (Fsp3) is 0.333. The lowest BCUT2D eigenvalue weighted by atomic mass is 9.96.